The Hall–Kier alpha value is -1.67. The Morgan fingerprint density at radius 3 is 1.87 bits per heavy atom. The van der Waals surface area contributed by atoms with Crippen molar-refractivity contribution in [2.24, 2.45) is 11.8 Å². The average Bonchev–Trinajstić information content (AvgIpc) is 3.61. The minimum atomic E-state index is -7.43. The standard InChI is InChI=1S/C21H25S.C4HF9O3S/c1-2-10-22(9-1)20-8-7-16-13-19(6-5-17(16)14-20)21-12-15-3-4-18(21)11-15;5-1(6,3(9,10)11)2(7,8)4(12,13)17(14,15)16/h5-8,13-15,18,21H,1-4,9-12H2;(H,14,15,16)/q+1;/p-1. The zero-order valence-corrected chi connectivity index (χ0v) is 21.9. The van der Waals surface area contributed by atoms with Crippen LogP contribution in [-0.4, -0.2) is 47.8 Å². The van der Waals surface area contributed by atoms with Crippen LogP contribution in [-0.2, 0) is 21.0 Å². The van der Waals surface area contributed by atoms with Gasteiger partial charge < -0.3 is 4.55 Å². The van der Waals surface area contributed by atoms with Crippen LogP contribution < -0.4 is 0 Å². The van der Waals surface area contributed by atoms with Gasteiger partial charge in [-0.2, -0.15) is 39.5 Å². The fourth-order valence-corrected chi connectivity index (χ4v) is 8.49. The second kappa shape index (κ2) is 10.3. The molecule has 2 aromatic carbocycles. The number of halogens is 9. The summed E-state index contributed by atoms with van der Waals surface area (Å²) in [6.07, 6.45) is 1.65. The van der Waals surface area contributed by atoms with Crippen molar-refractivity contribution in [3.05, 3.63) is 42.0 Å². The molecular weight excluding hydrogens is 583 g/mol. The molecule has 0 spiro atoms. The Kier molecular flexibility index (Phi) is 8.01. The highest BCUT2D eigenvalue weighted by molar-refractivity contribution is 7.97. The molecule has 1 heterocycles. The maximum absolute atomic E-state index is 12.2. The molecule has 2 aliphatic carbocycles. The Morgan fingerprint density at radius 2 is 1.36 bits per heavy atom. The van der Waals surface area contributed by atoms with Gasteiger partial charge in [0.25, 0.3) is 0 Å². The highest BCUT2D eigenvalue weighted by atomic mass is 32.2. The summed E-state index contributed by atoms with van der Waals surface area (Å²) in [6, 6.07) is 14.6. The van der Waals surface area contributed by atoms with Crippen LogP contribution in [0, 0.1) is 11.8 Å². The van der Waals surface area contributed by atoms with Crippen LogP contribution in [0.4, 0.5) is 39.5 Å². The summed E-state index contributed by atoms with van der Waals surface area (Å²) in [5.74, 6) is -9.08. The first-order chi connectivity index (χ1) is 17.9. The van der Waals surface area contributed by atoms with Gasteiger partial charge in [0.05, 0.1) is 0 Å². The number of benzene rings is 2. The van der Waals surface area contributed by atoms with Crippen molar-refractivity contribution in [3.63, 3.8) is 0 Å². The van der Waals surface area contributed by atoms with Crippen LogP contribution in [0.1, 0.15) is 50.0 Å². The third-order valence-corrected chi connectivity index (χ3v) is 11.2. The topological polar surface area (TPSA) is 57.2 Å². The van der Waals surface area contributed by atoms with Gasteiger partial charge in [-0.15, -0.1) is 0 Å². The van der Waals surface area contributed by atoms with Crippen molar-refractivity contribution in [2.75, 3.05) is 11.5 Å². The molecule has 3 atom stereocenters. The molecule has 39 heavy (non-hydrogen) atoms. The van der Waals surface area contributed by atoms with Gasteiger partial charge in [0, 0.05) is 17.0 Å². The van der Waals surface area contributed by atoms with Gasteiger partial charge in [-0.05, 0) is 78.3 Å². The second-order valence-corrected chi connectivity index (χ2v) is 14.0. The number of rotatable bonds is 5. The van der Waals surface area contributed by atoms with Gasteiger partial charge in [0.1, 0.15) is 11.5 Å². The highest BCUT2D eigenvalue weighted by Crippen LogP contribution is 2.55. The zero-order valence-electron chi connectivity index (χ0n) is 20.3. The number of hydrogen-bond acceptors (Lipinski definition) is 3. The Labute approximate surface area is 222 Å². The molecule has 0 N–H and O–H groups in total. The molecule has 3 fully saturated rings. The van der Waals surface area contributed by atoms with Crippen molar-refractivity contribution < 1.29 is 52.5 Å². The summed E-state index contributed by atoms with van der Waals surface area (Å²) in [5.41, 5.74) is 1.62. The third kappa shape index (κ3) is 5.49. The van der Waals surface area contributed by atoms with Gasteiger partial charge in [-0.1, -0.05) is 24.6 Å². The molecule has 2 bridgehead atoms. The predicted molar refractivity (Wildman–Crippen MR) is 127 cm³/mol. The first kappa shape index (κ1) is 30.3. The SMILES string of the molecule is O=S(=O)([O-])C(F)(F)C(F)(F)C(F)(F)C(F)(F)F.c1cc2cc([S+]3CCCC3)ccc2cc1C1CC2CCC1C2. The summed E-state index contributed by atoms with van der Waals surface area (Å²) in [7, 11) is -6.87. The smallest absolute Gasteiger partial charge is 0.460 e. The lowest BCUT2D eigenvalue weighted by atomic mass is 9.83. The normalized spacial score (nSPS) is 24.7. The molecule has 3 unspecified atom stereocenters. The lowest BCUT2D eigenvalue weighted by Gasteiger charge is -2.34. The second-order valence-electron chi connectivity index (χ2n) is 10.3. The fourth-order valence-electron chi connectivity index (χ4n) is 5.71. The fraction of sp³-hybridized carbons (Fsp3) is 0.600. The van der Waals surface area contributed by atoms with Gasteiger partial charge in [-0.25, -0.2) is 8.42 Å². The summed E-state index contributed by atoms with van der Waals surface area (Å²) >= 11 is 0. The Morgan fingerprint density at radius 1 is 0.769 bits per heavy atom. The minimum absolute atomic E-state index is 0.545. The van der Waals surface area contributed by atoms with E-state index in [1.54, 1.807) is 10.5 Å². The van der Waals surface area contributed by atoms with Crippen LogP contribution in [0.25, 0.3) is 10.8 Å². The van der Waals surface area contributed by atoms with E-state index in [9.17, 15) is 52.5 Å². The minimum Gasteiger partial charge on any atom is -0.743 e. The number of fused-ring (bicyclic) bond motifs is 3. The van der Waals surface area contributed by atoms with Crippen molar-refractivity contribution in [1.82, 2.24) is 0 Å². The van der Waals surface area contributed by atoms with Crippen LogP contribution in [0.3, 0.4) is 0 Å². The molecule has 3 nitrogen and oxygen atoms in total. The lowest BCUT2D eigenvalue weighted by Crippen LogP contribution is -2.63. The molecule has 1 saturated heterocycles. The van der Waals surface area contributed by atoms with Crippen molar-refractivity contribution in [2.45, 2.75) is 72.6 Å². The monoisotopic (exact) mass is 608 g/mol. The third-order valence-electron chi connectivity index (χ3n) is 7.80. The summed E-state index contributed by atoms with van der Waals surface area (Å²) in [4.78, 5) is 1.61. The molecule has 0 aromatic heterocycles. The molecule has 0 amide bonds. The average molecular weight is 609 g/mol. The van der Waals surface area contributed by atoms with E-state index in [-0.39, 0.29) is 0 Å². The van der Waals surface area contributed by atoms with E-state index in [1.165, 1.54) is 60.8 Å². The van der Waals surface area contributed by atoms with Gasteiger partial charge in [-0.3, -0.25) is 0 Å². The Bertz CT molecular complexity index is 1310. The molecule has 3 aliphatic rings. The summed E-state index contributed by atoms with van der Waals surface area (Å²) in [6.45, 7) is 0. The highest BCUT2D eigenvalue weighted by Gasteiger charge is 2.83. The zero-order chi connectivity index (χ0) is 29.0. The van der Waals surface area contributed by atoms with Crippen LogP contribution in [0.15, 0.2) is 41.3 Å². The molecular formula is C25H25F9O3S2. The van der Waals surface area contributed by atoms with Crippen molar-refractivity contribution in [1.29, 1.82) is 0 Å². The first-order valence-electron chi connectivity index (χ1n) is 12.2. The van der Waals surface area contributed by atoms with Crippen molar-refractivity contribution >= 4 is 31.8 Å². The van der Waals surface area contributed by atoms with Gasteiger partial charge >= 0.3 is 23.3 Å². The largest absolute Gasteiger partial charge is 0.743 e. The Balaban J connectivity index is 0.000000190. The molecule has 14 heteroatoms. The van der Waals surface area contributed by atoms with E-state index in [4.69, 9.17) is 0 Å². The van der Waals surface area contributed by atoms with E-state index in [0.29, 0.717) is 10.9 Å². The van der Waals surface area contributed by atoms with Crippen LogP contribution in [0.5, 0.6) is 0 Å². The molecule has 2 saturated carbocycles. The van der Waals surface area contributed by atoms with E-state index < -0.39 is 33.4 Å². The van der Waals surface area contributed by atoms with Gasteiger partial charge in [0.15, 0.2) is 15.0 Å². The molecule has 5 rings (SSSR count). The maximum Gasteiger partial charge on any atom is 0.460 e. The number of alkyl halides is 9. The molecule has 0 radical (unpaired) electrons. The lowest BCUT2D eigenvalue weighted by molar-refractivity contribution is -0.382. The molecule has 2 aromatic rings. The first-order valence-corrected chi connectivity index (χ1v) is 15.2. The summed E-state index contributed by atoms with van der Waals surface area (Å²) < 4.78 is 135. The maximum atomic E-state index is 12.2. The van der Waals surface area contributed by atoms with E-state index in [0.717, 1.165) is 17.8 Å². The van der Waals surface area contributed by atoms with Crippen LogP contribution >= 0.6 is 0 Å². The molecule has 1 aliphatic heterocycles. The van der Waals surface area contributed by atoms with Gasteiger partial charge in [0.2, 0.25) is 0 Å². The summed E-state index contributed by atoms with van der Waals surface area (Å²) in [5, 5.41) is -4.19. The van der Waals surface area contributed by atoms with Crippen molar-refractivity contribution in [3.8, 4) is 0 Å². The number of hydrogen-bond donors (Lipinski definition) is 0. The van der Waals surface area contributed by atoms with Crippen LogP contribution in [0.2, 0.25) is 0 Å². The quantitative estimate of drug-likeness (QED) is 0.201. The van der Waals surface area contributed by atoms with E-state index in [2.05, 4.69) is 36.4 Å². The van der Waals surface area contributed by atoms with E-state index >= 15 is 0 Å². The van der Waals surface area contributed by atoms with E-state index in [1.807, 2.05) is 0 Å². The predicted octanol–water partition coefficient (Wildman–Crippen LogP) is 7.47. The molecule has 218 valence electrons.